The van der Waals surface area contributed by atoms with Crippen LogP contribution in [0.2, 0.25) is 0 Å². The maximum atomic E-state index is 12.6. The maximum Gasteiger partial charge on any atom is 0.416 e. The molecule has 128 valence electrons. The average molecular weight is 352 g/mol. The van der Waals surface area contributed by atoms with Crippen LogP contribution in [-0.2, 0) is 23.4 Å². The Morgan fingerprint density at radius 2 is 1.33 bits per heavy atom. The quantitative estimate of drug-likeness (QED) is 0.294. The maximum absolute atomic E-state index is 12.6. The van der Waals surface area contributed by atoms with Crippen LogP contribution in [0.5, 0.6) is 11.5 Å². The molecule has 0 unspecified atom stereocenters. The van der Waals surface area contributed by atoms with Crippen LogP contribution in [0.25, 0.3) is 0 Å². The summed E-state index contributed by atoms with van der Waals surface area (Å²) < 4.78 is 27.1. The highest BCUT2D eigenvalue weighted by atomic mass is 31.2. The summed E-state index contributed by atoms with van der Waals surface area (Å²) in [7, 11) is -4.06. The van der Waals surface area contributed by atoms with Gasteiger partial charge >= 0.3 is 13.6 Å². The third-order valence-corrected chi connectivity index (χ3v) is 3.86. The van der Waals surface area contributed by atoms with Gasteiger partial charge in [-0.05, 0) is 31.2 Å². The van der Waals surface area contributed by atoms with E-state index in [0.29, 0.717) is 11.5 Å². The van der Waals surface area contributed by atoms with Crippen LogP contribution in [0.3, 0.4) is 0 Å². The van der Waals surface area contributed by atoms with E-state index in [1.165, 1.54) is 0 Å². The molecule has 2 aromatic carbocycles. The van der Waals surface area contributed by atoms with Gasteiger partial charge in [0.15, 0.2) is 17.7 Å². The number of rotatable bonds is 9. The fraction of sp³-hybridized carbons (Fsp3) is 0.188. The molecule has 0 radical (unpaired) electrons. The van der Waals surface area contributed by atoms with E-state index < -0.39 is 19.7 Å². The van der Waals surface area contributed by atoms with E-state index in [1.54, 1.807) is 67.6 Å². The largest absolute Gasteiger partial charge is 0.465 e. The van der Waals surface area contributed by atoms with Crippen molar-refractivity contribution in [1.29, 1.82) is 0 Å². The molecule has 0 heterocycles. The van der Waals surface area contributed by atoms with Gasteiger partial charge in [0.05, 0.1) is 6.61 Å². The van der Waals surface area contributed by atoms with Crippen molar-refractivity contribution in [3.63, 3.8) is 0 Å². The van der Waals surface area contributed by atoms with Crippen molar-refractivity contribution in [3.05, 3.63) is 60.7 Å². The van der Waals surface area contributed by atoms with E-state index in [0.717, 1.165) is 0 Å². The Morgan fingerprint density at radius 3 is 1.75 bits per heavy atom. The van der Waals surface area contributed by atoms with Crippen molar-refractivity contribution in [3.8, 4) is 11.5 Å². The van der Waals surface area contributed by atoms with Crippen molar-refractivity contribution in [2.24, 2.45) is 0 Å². The van der Waals surface area contributed by atoms with Gasteiger partial charge in [0.1, 0.15) is 0 Å². The zero-order valence-corrected chi connectivity index (χ0v) is 13.9. The minimum atomic E-state index is -4.06. The molecule has 0 amide bonds. The number of ether oxygens (including phenoxy) is 1. The van der Waals surface area contributed by atoms with Gasteiger partial charge in [-0.25, -0.2) is 0 Å². The second kappa shape index (κ2) is 9.08. The molecule has 0 fully saturated rings. The Kier molecular flexibility index (Phi) is 6.81. The third-order valence-electron chi connectivity index (χ3n) is 2.61. The van der Waals surface area contributed by atoms with Gasteiger partial charge in [-0.3, -0.25) is 9.36 Å². The normalized spacial score (nSPS) is 10.9. The summed E-state index contributed by atoms with van der Waals surface area (Å²) in [6.07, 6.45) is -0.652. The lowest BCUT2D eigenvalue weighted by Crippen LogP contribution is -2.15. The van der Waals surface area contributed by atoms with Gasteiger partial charge in [-0.15, -0.1) is 0 Å². The molecule has 0 N–H and O–H groups in total. The molecule has 0 spiro atoms. The van der Waals surface area contributed by atoms with Crippen LogP contribution in [0.1, 0.15) is 6.92 Å². The Hall–Kier alpha value is -2.34. The first-order chi connectivity index (χ1) is 11.6. The first-order valence-electron chi connectivity index (χ1n) is 7.18. The van der Waals surface area contributed by atoms with Gasteiger partial charge < -0.3 is 14.5 Å². The van der Waals surface area contributed by atoms with E-state index in [2.05, 4.69) is 0 Å². The molecule has 0 saturated carbocycles. The second-order valence-corrected chi connectivity index (χ2v) is 6.35. The van der Waals surface area contributed by atoms with Crippen molar-refractivity contribution >= 4 is 13.6 Å². The highest BCUT2D eigenvalue weighted by Crippen LogP contribution is 2.48. The topological polar surface area (TPSA) is 80.3 Å². The summed E-state index contributed by atoms with van der Waals surface area (Å²) in [6, 6.07) is 16.7. The molecule has 7 nitrogen and oxygen atoms in total. The lowest BCUT2D eigenvalue weighted by Gasteiger charge is -2.15. The highest BCUT2D eigenvalue weighted by molar-refractivity contribution is 7.54. The molecule has 0 bridgehead atoms. The van der Waals surface area contributed by atoms with Crippen LogP contribution < -0.4 is 9.78 Å². The van der Waals surface area contributed by atoms with E-state index in [4.69, 9.17) is 23.9 Å². The lowest BCUT2D eigenvalue weighted by atomic mass is 10.3. The molecular weight excluding hydrogens is 335 g/mol. The molecule has 0 atom stereocenters. The Balaban J connectivity index is 2.02. The van der Waals surface area contributed by atoms with Crippen molar-refractivity contribution in [2.45, 2.75) is 6.92 Å². The molecule has 2 aromatic rings. The van der Waals surface area contributed by atoms with Gasteiger partial charge in [-0.1, -0.05) is 45.7 Å². The van der Waals surface area contributed by atoms with Gasteiger partial charge in [0.25, 0.3) is 0 Å². The number of benzene rings is 2. The fourth-order valence-electron chi connectivity index (χ4n) is 1.58. The molecule has 2 rings (SSSR count). The summed E-state index contributed by atoms with van der Waals surface area (Å²) >= 11 is 0. The fourth-order valence-corrected chi connectivity index (χ4v) is 2.52. The smallest absolute Gasteiger partial charge is 0.416 e. The lowest BCUT2D eigenvalue weighted by molar-refractivity contribution is -0.173. The molecule has 0 saturated heterocycles. The zero-order valence-electron chi connectivity index (χ0n) is 13.0. The SMILES string of the molecule is CCOC(=O)CP(=O)(OOc1ccccc1)OOc1ccccc1. The van der Waals surface area contributed by atoms with Gasteiger partial charge in [0.2, 0.25) is 0 Å². The third kappa shape index (κ3) is 6.04. The van der Waals surface area contributed by atoms with E-state index in [-0.39, 0.29) is 6.61 Å². The van der Waals surface area contributed by atoms with Crippen LogP contribution in [-0.4, -0.2) is 18.7 Å². The van der Waals surface area contributed by atoms with Crippen molar-refractivity contribution < 1.29 is 33.2 Å². The number of carbonyl (C=O) groups excluding carboxylic acids is 1. The minimum Gasteiger partial charge on any atom is -0.465 e. The number of hydrogen-bond acceptors (Lipinski definition) is 7. The number of carbonyl (C=O) groups is 1. The molecule has 0 aliphatic rings. The first-order valence-corrected chi connectivity index (χ1v) is 8.91. The van der Waals surface area contributed by atoms with E-state index >= 15 is 0 Å². The number of esters is 1. The number of para-hydroxylation sites is 2. The molecule has 24 heavy (non-hydrogen) atoms. The second-order valence-electron chi connectivity index (χ2n) is 4.52. The van der Waals surface area contributed by atoms with Crippen LogP contribution >= 0.6 is 7.60 Å². The van der Waals surface area contributed by atoms with Crippen molar-refractivity contribution in [1.82, 2.24) is 0 Å². The average Bonchev–Trinajstić information content (AvgIpc) is 2.60. The predicted octanol–water partition coefficient (Wildman–Crippen LogP) is 3.76. The summed E-state index contributed by atoms with van der Waals surface area (Å²) in [5.74, 6) is -0.163. The van der Waals surface area contributed by atoms with Gasteiger partial charge in [-0.2, -0.15) is 0 Å². The van der Waals surface area contributed by atoms with Gasteiger partial charge in [0, 0.05) is 0 Å². The molecule has 8 heteroatoms. The Labute approximate surface area is 139 Å². The summed E-state index contributed by atoms with van der Waals surface area (Å²) in [5, 5.41) is 0. The summed E-state index contributed by atoms with van der Waals surface area (Å²) in [4.78, 5) is 21.5. The highest BCUT2D eigenvalue weighted by Gasteiger charge is 2.34. The monoisotopic (exact) mass is 352 g/mol. The van der Waals surface area contributed by atoms with Crippen molar-refractivity contribution in [2.75, 3.05) is 12.8 Å². The van der Waals surface area contributed by atoms with E-state index in [1.807, 2.05) is 0 Å². The first kappa shape index (κ1) is 18.0. The van der Waals surface area contributed by atoms with Crippen LogP contribution in [0.4, 0.5) is 0 Å². The predicted molar refractivity (Wildman–Crippen MR) is 85.4 cm³/mol. The summed E-state index contributed by atoms with van der Waals surface area (Å²) in [6.45, 7) is 1.77. The van der Waals surface area contributed by atoms with Crippen LogP contribution in [0, 0.1) is 0 Å². The van der Waals surface area contributed by atoms with E-state index in [9.17, 15) is 9.36 Å². The zero-order chi connectivity index (χ0) is 17.3. The standard InChI is InChI=1S/C16H17O7P/c1-2-19-16(17)13-24(18,22-20-14-9-5-3-6-10-14)23-21-15-11-7-4-8-12-15/h3-12H,2,13H2,1H3. The number of hydrogen-bond donors (Lipinski definition) is 0. The minimum absolute atomic E-state index is 0.137. The Morgan fingerprint density at radius 1 is 0.875 bits per heavy atom. The molecule has 0 aromatic heterocycles. The summed E-state index contributed by atoms with van der Waals surface area (Å²) in [5.41, 5.74) is 0. The molecular formula is C16H17O7P. The molecule has 0 aliphatic carbocycles. The molecule has 0 aliphatic heterocycles. The van der Waals surface area contributed by atoms with Crippen LogP contribution in [0.15, 0.2) is 60.7 Å². The Bertz CT molecular complexity index is 628.